The number of hydrogen-bond donors (Lipinski definition) is 2. The largest absolute Gasteiger partial charge is 0.547 e. The Balaban J connectivity index is 1.61. The second-order valence-electron chi connectivity index (χ2n) is 7.46. The highest BCUT2D eigenvalue weighted by atomic mass is 16.5. The first-order valence-corrected chi connectivity index (χ1v) is 10.0. The van der Waals surface area contributed by atoms with Crippen molar-refractivity contribution in [2.75, 3.05) is 6.61 Å². The van der Waals surface area contributed by atoms with Gasteiger partial charge < -0.3 is 19.7 Å². The van der Waals surface area contributed by atoms with Crippen molar-refractivity contribution < 1.29 is 24.0 Å². The maximum Gasteiger partial charge on any atom is 0.547 e. The summed E-state index contributed by atoms with van der Waals surface area (Å²) in [5, 5.41) is 13.0. The quantitative estimate of drug-likeness (QED) is 0.592. The third kappa shape index (κ3) is 5.03. The first kappa shape index (κ1) is 19.7. The van der Waals surface area contributed by atoms with Gasteiger partial charge in [-0.15, -0.1) is 0 Å². The number of fused-ring (bicyclic) bond motifs is 1. The van der Waals surface area contributed by atoms with Gasteiger partial charge in [-0.25, -0.2) is 4.79 Å². The number of esters is 1. The van der Waals surface area contributed by atoms with Crippen LogP contribution in [0, 0.1) is 5.92 Å². The van der Waals surface area contributed by atoms with Crippen LogP contribution in [-0.2, 0) is 16.0 Å². The summed E-state index contributed by atoms with van der Waals surface area (Å²) >= 11 is 0. The number of carbonyl (C=O) groups is 2. The van der Waals surface area contributed by atoms with Crippen LogP contribution in [-0.4, -0.2) is 36.6 Å². The highest BCUT2D eigenvalue weighted by Gasteiger charge is 2.37. The van der Waals surface area contributed by atoms with Gasteiger partial charge in [-0.1, -0.05) is 51.2 Å². The normalized spacial score (nSPS) is 19.8. The molecular formula is C20H28BNO5. The zero-order valence-electron chi connectivity index (χ0n) is 15.9. The maximum absolute atomic E-state index is 12.5. The lowest BCUT2D eigenvalue weighted by Crippen LogP contribution is -2.53. The summed E-state index contributed by atoms with van der Waals surface area (Å²) in [4.78, 5) is 24.1. The highest BCUT2D eigenvalue weighted by Crippen LogP contribution is 2.31. The molecule has 0 bridgehead atoms. The summed E-state index contributed by atoms with van der Waals surface area (Å²) in [7, 11) is -1.19. The zero-order valence-corrected chi connectivity index (χ0v) is 15.9. The third-order valence-electron chi connectivity index (χ3n) is 5.49. The van der Waals surface area contributed by atoms with E-state index in [2.05, 4.69) is 5.32 Å². The van der Waals surface area contributed by atoms with Crippen molar-refractivity contribution >= 4 is 19.0 Å². The molecule has 3 rings (SSSR count). The van der Waals surface area contributed by atoms with Crippen molar-refractivity contribution in [1.82, 2.24) is 5.32 Å². The molecule has 146 valence electrons. The van der Waals surface area contributed by atoms with Crippen LogP contribution in [0.15, 0.2) is 18.2 Å². The second-order valence-corrected chi connectivity index (χ2v) is 7.46. The molecule has 0 saturated heterocycles. The average molecular weight is 373 g/mol. The molecule has 1 aliphatic carbocycles. The van der Waals surface area contributed by atoms with E-state index in [0.717, 1.165) is 12.0 Å². The van der Waals surface area contributed by atoms with Crippen LogP contribution in [0.4, 0.5) is 0 Å². The van der Waals surface area contributed by atoms with Crippen molar-refractivity contribution in [3.63, 3.8) is 0 Å². The minimum Gasteiger partial charge on any atom is -0.534 e. The van der Waals surface area contributed by atoms with Crippen molar-refractivity contribution in [2.45, 2.75) is 64.2 Å². The van der Waals surface area contributed by atoms with Gasteiger partial charge >= 0.3 is 13.1 Å². The molecule has 0 spiro atoms. The fourth-order valence-corrected chi connectivity index (χ4v) is 3.89. The number of hydrogen-bond acceptors (Lipinski definition) is 5. The number of carbonyl (C=O) groups excluding carboxylic acids is 2. The SMILES string of the molecule is CCC(=O)NC1Cc2cccc(C(=O)OCCC3CCCCC3)c2OB1O. The van der Waals surface area contributed by atoms with Crippen LogP contribution in [0.2, 0.25) is 0 Å². The second kappa shape index (κ2) is 9.26. The van der Waals surface area contributed by atoms with Crippen LogP contribution >= 0.6 is 0 Å². The monoisotopic (exact) mass is 373 g/mol. The molecule has 2 N–H and O–H groups in total. The Bertz CT molecular complexity index is 674. The average Bonchev–Trinajstić information content (AvgIpc) is 2.68. The molecule has 1 aliphatic heterocycles. The molecule has 1 aromatic rings. The topological polar surface area (TPSA) is 84.9 Å². The van der Waals surface area contributed by atoms with Gasteiger partial charge in [0.25, 0.3) is 0 Å². The number of nitrogens with one attached hydrogen (secondary N) is 1. The Hall–Kier alpha value is -2.02. The van der Waals surface area contributed by atoms with Crippen LogP contribution in [0.5, 0.6) is 5.75 Å². The number of benzene rings is 1. The fraction of sp³-hybridized carbons (Fsp3) is 0.600. The molecule has 1 aromatic carbocycles. The summed E-state index contributed by atoms with van der Waals surface area (Å²) in [6.07, 6.45) is 7.94. The number of ether oxygens (including phenoxy) is 1. The molecule has 2 aliphatic rings. The third-order valence-corrected chi connectivity index (χ3v) is 5.49. The molecule has 6 nitrogen and oxygen atoms in total. The highest BCUT2D eigenvalue weighted by molar-refractivity contribution is 6.47. The van der Waals surface area contributed by atoms with Crippen molar-refractivity contribution in [3.8, 4) is 5.75 Å². The van der Waals surface area contributed by atoms with Crippen molar-refractivity contribution in [1.29, 1.82) is 0 Å². The van der Waals surface area contributed by atoms with Gasteiger partial charge in [0.05, 0.1) is 12.5 Å². The summed E-state index contributed by atoms with van der Waals surface area (Å²) < 4.78 is 11.0. The van der Waals surface area contributed by atoms with Gasteiger partial charge in [0.2, 0.25) is 5.91 Å². The van der Waals surface area contributed by atoms with Gasteiger partial charge in [0.1, 0.15) is 11.3 Å². The molecular weight excluding hydrogens is 345 g/mol. The van der Waals surface area contributed by atoms with Crippen molar-refractivity contribution in [2.24, 2.45) is 5.92 Å². The summed E-state index contributed by atoms with van der Waals surface area (Å²) in [5.41, 5.74) is 1.11. The van der Waals surface area contributed by atoms with Crippen LogP contribution in [0.3, 0.4) is 0 Å². The first-order valence-electron chi connectivity index (χ1n) is 10.0. The van der Waals surface area contributed by atoms with Crippen LogP contribution < -0.4 is 9.97 Å². The molecule has 1 saturated carbocycles. The van der Waals surface area contributed by atoms with Crippen molar-refractivity contribution in [3.05, 3.63) is 29.3 Å². The van der Waals surface area contributed by atoms with E-state index in [1.807, 2.05) is 6.07 Å². The first-order chi connectivity index (χ1) is 13.1. The van der Waals surface area contributed by atoms with Gasteiger partial charge in [-0.05, 0) is 30.4 Å². The Morgan fingerprint density at radius 2 is 2.07 bits per heavy atom. The predicted octanol–water partition coefficient (Wildman–Crippen LogP) is 2.66. The minimum atomic E-state index is -1.19. The smallest absolute Gasteiger partial charge is 0.534 e. The number of rotatable bonds is 6. The lowest BCUT2D eigenvalue weighted by atomic mass is 9.72. The van der Waals surface area contributed by atoms with Gasteiger partial charge in [-0.2, -0.15) is 0 Å². The Labute approximate surface area is 160 Å². The molecule has 27 heavy (non-hydrogen) atoms. The molecule has 7 heteroatoms. The van der Waals surface area contributed by atoms with Gasteiger partial charge in [-0.3, -0.25) is 4.79 Å². The Morgan fingerprint density at radius 3 is 2.81 bits per heavy atom. The number of para-hydroxylation sites is 1. The van der Waals surface area contributed by atoms with E-state index in [9.17, 15) is 14.6 Å². The van der Waals surface area contributed by atoms with E-state index in [1.54, 1.807) is 19.1 Å². The Morgan fingerprint density at radius 1 is 1.30 bits per heavy atom. The van der Waals surface area contributed by atoms with E-state index in [0.29, 0.717) is 36.7 Å². The summed E-state index contributed by atoms with van der Waals surface area (Å²) in [5.74, 6) is -0.0929. The summed E-state index contributed by atoms with van der Waals surface area (Å²) in [6, 6.07) is 5.26. The van der Waals surface area contributed by atoms with E-state index in [-0.39, 0.29) is 5.91 Å². The molecule has 0 aromatic heterocycles. The van der Waals surface area contributed by atoms with E-state index < -0.39 is 19.0 Å². The van der Waals surface area contributed by atoms with E-state index in [4.69, 9.17) is 9.39 Å². The van der Waals surface area contributed by atoms with E-state index in [1.165, 1.54) is 32.1 Å². The zero-order chi connectivity index (χ0) is 19.2. The molecule has 0 radical (unpaired) electrons. The molecule has 1 fully saturated rings. The van der Waals surface area contributed by atoms with Crippen LogP contribution in [0.1, 0.15) is 67.8 Å². The summed E-state index contributed by atoms with van der Waals surface area (Å²) in [6.45, 7) is 2.16. The Kier molecular flexibility index (Phi) is 6.77. The van der Waals surface area contributed by atoms with Crippen LogP contribution in [0.25, 0.3) is 0 Å². The molecule has 1 amide bonds. The predicted molar refractivity (Wildman–Crippen MR) is 102 cm³/mol. The molecule has 1 heterocycles. The van der Waals surface area contributed by atoms with Gasteiger partial charge in [0.15, 0.2) is 0 Å². The standard InChI is InChI=1S/C20H28BNO5/c1-2-18(23)22-17-13-15-9-6-10-16(19(15)27-21(17)25)20(24)26-12-11-14-7-4-3-5-8-14/h6,9-10,14,17,25H,2-5,7-8,11-13H2,1H3,(H,22,23). The number of amides is 1. The lowest BCUT2D eigenvalue weighted by Gasteiger charge is -2.29. The molecule has 1 atom stereocenters. The van der Waals surface area contributed by atoms with Gasteiger partial charge in [0, 0.05) is 6.42 Å². The maximum atomic E-state index is 12.5. The fourth-order valence-electron chi connectivity index (χ4n) is 3.89. The van der Waals surface area contributed by atoms with E-state index >= 15 is 0 Å². The minimum absolute atomic E-state index is 0.149. The molecule has 1 unspecified atom stereocenters. The lowest BCUT2D eigenvalue weighted by molar-refractivity contribution is -0.121.